The summed E-state index contributed by atoms with van der Waals surface area (Å²) in [7, 11) is 0. The van der Waals surface area contributed by atoms with Gasteiger partial charge in [0.05, 0.1) is 0 Å². The maximum atomic E-state index is 12.8. The van der Waals surface area contributed by atoms with Crippen molar-refractivity contribution < 1.29 is 28.6 Å². The van der Waals surface area contributed by atoms with Gasteiger partial charge in [0, 0.05) is 19.3 Å². The predicted octanol–water partition coefficient (Wildman–Crippen LogP) is 18.6. The Morgan fingerprint density at radius 1 is 0.288 bits per heavy atom. The lowest BCUT2D eigenvalue weighted by molar-refractivity contribution is -0.166. The van der Waals surface area contributed by atoms with E-state index in [1.165, 1.54) is 0 Å². The van der Waals surface area contributed by atoms with E-state index in [0.717, 1.165) is 103 Å². The van der Waals surface area contributed by atoms with Crippen LogP contribution in [0.1, 0.15) is 162 Å². The van der Waals surface area contributed by atoms with E-state index in [1.54, 1.807) is 0 Å². The summed E-state index contributed by atoms with van der Waals surface area (Å²) in [5.41, 5.74) is 0. The van der Waals surface area contributed by atoms with E-state index >= 15 is 0 Å². The number of unbranched alkanes of at least 4 members (excludes halogenated alkanes) is 3. The topological polar surface area (TPSA) is 78.9 Å². The molecule has 0 fully saturated rings. The Balaban J connectivity index is 4.77. The molecule has 0 radical (unpaired) electrons. The summed E-state index contributed by atoms with van der Waals surface area (Å²) in [4.78, 5) is 38.1. The van der Waals surface area contributed by atoms with Crippen LogP contribution in [0.15, 0.2) is 219 Å². The van der Waals surface area contributed by atoms with E-state index in [0.29, 0.717) is 19.3 Å². The molecule has 0 aliphatic carbocycles. The van der Waals surface area contributed by atoms with Gasteiger partial charge in [-0.3, -0.25) is 14.4 Å². The van der Waals surface area contributed by atoms with Crippen LogP contribution >= 0.6 is 0 Å². The smallest absolute Gasteiger partial charge is 0.306 e. The third-order valence-corrected chi connectivity index (χ3v) is 10.1. The van der Waals surface area contributed by atoms with Crippen LogP contribution in [-0.2, 0) is 28.6 Å². The lowest BCUT2D eigenvalue weighted by atomic mass is 10.1. The van der Waals surface area contributed by atoms with Crippen molar-refractivity contribution in [2.24, 2.45) is 0 Å². The Morgan fingerprint density at radius 2 is 0.589 bits per heavy atom. The minimum Gasteiger partial charge on any atom is -0.462 e. The molecular weight excluding hydrogens is 901 g/mol. The SMILES string of the molecule is CC\C=C/C=C\C=C/C=C\C=C\C=C/CCCCCC(=O)OCC(COC(=O)CC/C=C\C/C=C\C/C=C\C/C=C\C/C=C\C/C=C\CC)OC(=O)CC/C=C\C/C=C\C/C=C\C/C=C\C/C=C\C/C=C\CC. The summed E-state index contributed by atoms with van der Waals surface area (Å²) >= 11 is 0. The summed E-state index contributed by atoms with van der Waals surface area (Å²) in [5.74, 6) is -1.20. The van der Waals surface area contributed by atoms with Gasteiger partial charge in [0.2, 0.25) is 0 Å². The van der Waals surface area contributed by atoms with E-state index in [4.69, 9.17) is 14.2 Å². The van der Waals surface area contributed by atoms with Crippen molar-refractivity contribution in [3.8, 4) is 0 Å². The number of allylic oxidation sites excluding steroid dienone is 36. The van der Waals surface area contributed by atoms with Crippen molar-refractivity contribution in [1.82, 2.24) is 0 Å². The number of esters is 3. The number of hydrogen-bond donors (Lipinski definition) is 0. The van der Waals surface area contributed by atoms with Crippen LogP contribution in [0, 0.1) is 0 Å². The molecule has 1 atom stereocenters. The molecule has 0 saturated heterocycles. The van der Waals surface area contributed by atoms with E-state index < -0.39 is 18.0 Å². The Labute approximate surface area is 444 Å². The molecule has 6 heteroatoms. The molecule has 1 unspecified atom stereocenters. The molecule has 398 valence electrons. The first-order valence-corrected chi connectivity index (χ1v) is 27.3. The minimum atomic E-state index is -0.884. The highest BCUT2D eigenvalue weighted by molar-refractivity contribution is 5.71. The zero-order valence-electron chi connectivity index (χ0n) is 45.3. The summed E-state index contributed by atoms with van der Waals surface area (Å²) in [6.45, 7) is 6.05. The monoisotopic (exact) mass is 995 g/mol. The van der Waals surface area contributed by atoms with Gasteiger partial charge < -0.3 is 14.2 Å². The van der Waals surface area contributed by atoms with Gasteiger partial charge in [-0.25, -0.2) is 0 Å². The fraction of sp³-hybridized carbons (Fsp3) is 0.418. The summed E-state index contributed by atoms with van der Waals surface area (Å²) < 4.78 is 16.6. The third-order valence-electron chi connectivity index (χ3n) is 10.1. The molecule has 0 aromatic heterocycles. The third kappa shape index (κ3) is 56.5. The lowest BCUT2D eigenvalue weighted by Crippen LogP contribution is -2.30. The number of carbonyl (C=O) groups excluding carboxylic acids is 3. The quantitative estimate of drug-likeness (QED) is 0.0199. The molecule has 0 bridgehead atoms. The van der Waals surface area contributed by atoms with Crippen molar-refractivity contribution in [3.05, 3.63) is 219 Å². The highest BCUT2D eigenvalue weighted by Crippen LogP contribution is 2.09. The summed E-state index contributed by atoms with van der Waals surface area (Å²) in [5, 5.41) is 0. The fourth-order valence-electron chi connectivity index (χ4n) is 6.17. The standard InChI is InChI=1S/C67H94O6/c1-4-7-10-13-16-19-22-25-28-31-33-36-39-42-45-48-51-54-57-60-66(69)72-63-64(62-71-65(68)59-56-53-50-47-44-41-38-35-30-27-24-21-18-15-12-9-6-3)73-67(70)61-58-55-52-49-46-43-40-37-34-32-29-26-23-20-17-14-11-8-5-2/h7-12,15-21,24-30,33-38,41-46,51-52,54-55,64H,4-6,13-14,22-23,31-32,39-40,47-50,53,56-63H2,1-3H3/b10-7-,11-8-,12-9-,18-15-,19-16-,20-17-,24-21-,28-25-,29-26-,30-27-,36-33-,37-34-,38-35+,44-41-,45-42-,46-43-,54-51-,55-52-. The van der Waals surface area contributed by atoms with E-state index in [9.17, 15) is 14.4 Å². The van der Waals surface area contributed by atoms with E-state index in [1.807, 2.05) is 85.1 Å². The van der Waals surface area contributed by atoms with E-state index in [2.05, 4.69) is 154 Å². The number of hydrogen-bond acceptors (Lipinski definition) is 6. The average molecular weight is 995 g/mol. The summed E-state index contributed by atoms with van der Waals surface area (Å²) in [6, 6.07) is 0. The Hall–Kier alpha value is -6.27. The normalized spacial score (nSPS) is 13.8. The van der Waals surface area contributed by atoms with Gasteiger partial charge in [0.25, 0.3) is 0 Å². The molecular formula is C67H94O6. The first-order valence-electron chi connectivity index (χ1n) is 27.3. The lowest BCUT2D eigenvalue weighted by Gasteiger charge is -2.18. The second-order valence-corrected chi connectivity index (χ2v) is 16.8. The zero-order valence-corrected chi connectivity index (χ0v) is 45.3. The fourth-order valence-corrected chi connectivity index (χ4v) is 6.17. The van der Waals surface area contributed by atoms with Gasteiger partial charge in [0.1, 0.15) is 13.2 Å². The molecule has 0 aromatic rings. The highest BCUT2D eigenvalue weighted by Gasteiger charge is 2.19. The van der Waals surface area contributed by atoms with Crippen molar-refractivity contribution in [3.63, 3.8) is 0 Å². The van der Waals surface area contributed by atoms with Crippen molar-refractivity contribution in [2.75, 3.05) is 13.2 Å². The molecule has 0 heterocycles. The van der Waals surface area contributed by atoms with Crippen LogP contribution in [0.5, 0.6) is 0 Å². The van der Waals surface area contributed by atoms with Crippen LogP contribution in [0.3, 0.4) is 0 Å². The maximum Gasteiger partial charge on any atom is 0.306 e. The van der Waals surface area contributed by atoms with Gasteiger partial charge in [-0.2, -0.15) is 0 Å². The molecule has 0 rings (SSSR count). The summed E-state index contributed by atoms with van der Waals surface area (Å²) in [6.07, 6.45) is 92.3. The molecule has 0 aliphatic heterocycles. The molecule has 0 spiro atoms. The Bertz CT molecular complexity index is 1910. The van der Waals surface area contributed by atoms with Gasteiger partial charge in [-0.05, 0) is 116 Å². The molecule has 0 saturated carbocycles. The van der Waals surface area contributed by atoms with Crippen LogP contribution in [0.25, 0.3) is 0 Å². The van der Waals surface area contributed by atoms with Crippen LogP contribution in [0.4, 0.5) is 0 Å². The first-order chi connectivity index (χ1) is 36.0. The van der Waals surface area contributed by atoms with Gasteiger partial charge in [-0.15, -0.1) is 0 Å². The van der Waals surface area contributed by atoms with Crippen molar-refractivity contribution in [1.29, 1.82) is 0 Å². The van der Waals surface area contributed by atoms with Gasteiger partial charge in [0.15, 0.2) is 6.10 Å². The van der Waals surface area contributed by atoms with Crippen molar-refractivity contribution >= 4 is 17.9 Å². The Kier molecular flexibility index (Phi) is 53.3. The Morgan fingerprint density at radius 3 is 0.959 bits per heavy atom. The molecule has 0 amide bonds. The van der Waals surface area contributed by atoms with Gasteiger partial charge in [-0.1, -0.05) is 246 Å². The molecule has 0 N–H and O–H groups in total. The maximum absolute atomic E-state index is 12.8. The van der Waals surface area contributed by atoms with Crippen LogP contribution in [0.2, 0.25) is 0 Å². The molecule has 0 aromatic carbocycles. The molecule has 0 aliphatic rings. The minimum absolute atomic E-state index is 0.163. The second-order valence-electron chi connectivity index (χ2n) is 16.8. The zero-order chi connectivity index (χ0) is 52.9. The number of rotatable bonds is 45. The van der Waals surface area contributed by atoms with Gasteiger partial charge >= 0.3 is 17.9 Å². The predicted molar refractivity (Wildman–Crippen MR) is 315 cm³/mol. The van der Waals surface area contributed by atoms with E-state index in [-0.39, 0.29) is 38.4 Å². The van der Waals surface area contributed by atoms with Crippen LogP contribution in [-0.4, -0.2) is 37.2 Å². The average Bonchev–Trinajstić information content (AvgIpc) is 3.39. The largest absolute Gasteiger partial charge is 0.462 e. The van der Waals surface area contributed by atoms with Crippen LogP contribution < -0.4 is 0 Å². The number of ether oxygens (including phenoxy) is 3. The number of carbonyl (C=O) groups is 3. The highest BCUT2D eigenvalue weighted by atomic mass is 16.6. The second kappa shape index (κ2) is 58.3. The first kappa shape index (κ1) is 66.7. The molecule has 73 heavy (non-hydrogen) atoms. The van der Waals surface area contributed by atoms with Crippen molar-refractivity contribution in [2.45, 2.75) is 168 Å². The molecule has 6 nitrogen and oxygen atoms in total.